The van der Waals surface area contributed by atoms with Crippen LogP contribution < -0.4 is 26.6 Å². The second-order valence-corrected chi connectivity index (χ2v) is 9.39. The summed E-state index contributed by atoms with van der Waals surface area (Å²) in [7, 11) is 1.67. The molecule has 2 rings (SSSR count). The van der Waals surface area contributed by atoms with Gasteiger partial charge in [-0.05, 0) is 26.0 Å². The fourth-order valence-electron chi connectivity index (χ4n) is 4.04. The van der Waals surface area contributed by atoms with Gasteiger partial charge in [0.1, 0.15) is 12.1 Å². The molecule has 6 N–H and O–H groups in total. The van der Waals surface area contributed by atoms with Crippen molar-refractivity contribution in [2.45, 2.75) is 51.9 Å². The second kappa shape index (κ2) is 13.9. The third-order valence-electron chi connectivity index (χ3n) is 6.10. The van der Waals surface area contributed by atoms with E-state index in [4.69, 9.17) is 0 Å². The zero-order valence-corrected chi connectivity index (χ0v) is 21.0. The maximum Gasteiger partial charge on any atom is 0.245 e. The number of hydrogen-bond acceptors (Lipinski definition) is 7. The van der Waals surface area contributed by atoms with Crippen molar-refractivity contribution >= 4 is 23.5 Å². The topological polar surface area (TPSA) is 149 Å². The SMILES string of the molecule is CNC[C@H](NC(=O)[C@@H](NC(=O)[C@@H]1CNC[C@H](C(=O)NCc2ccccc2)C1)[C@H](C)O)C(=O)C(C)C. The molecule has 1 heterocycles. The molecule has 1 fully saturated rings. The number of rotatable bonds is 12. The van der Waals surface area contributed by atoms with E-state index < -0.39 is 41.8 Å². The lowest BCUT2D eigenvalue weighted by molar-refractivity contribution is -0.136. The molecular formula is C25H39N5O5. The molecule has 0 aliphatic carbocycles. The molecule has 1 aliphatic rings. The first-order valence-corrected chi connectivity index (χ1v) is 12.1. The van der Waals surface area contributed by atoms with E-state index in [1.165, 1.54) is 6.92 Å². The van der Waals surface area contributed by atoms with Crippen LogP contribution in [0.5, 0.6) is 0 Å². The summed E-state index contributed by atoms with van der Waals surface area (Å²) in [4.78, 5) is 50.9. The number of carbonyl (C=O) groups excluding carboxylic acids is 4. The van der Waals surface area contributed by atoms with Crippen LogP contribution in [0.1, 0.15) is 32.8 Å². The molecule has 0 unspecified atom stereocenters. The molecule has 0 bridgehead atoms. The zero-order valence-electron chi connectivity index (χ0n) is 21.0. The highest BCUT2D eigenvalue weighted by Crippen LogP contribution is 2.18. The number of ketones is 1. The van der Waals surface area contributed by atoms with E-state index in [1.807, 2.05) is 30.3 Å². The highest BCUT2D eigenvalue weighted by atomic mass is 16.3. The maximum absolute atomic E-state index is 13.0. The zero-order chi connectivity index (χ0) is 26.0. The first-order chi connectivity index (χ1) is 16.6. The van der Waals surface area contributed by atoms with Gasteiger partial charge in [0.2, 0.25) is 17.7 Å². The lowest BCUT2D eigenvalue weighted by atomic mass is 9.89. The van der Waals surface area contributed by atoms with Crippen molar-refractivity contribution in [3.05, 3.63) is 35.9 Å². The van der Waals surface area contributed by atoms with Crippen molar-refractivity contribution in [3.63, 3.8) is 0 Å². The highest BCUT2D eigenvalue weighted by Gasteiger charge is 2.35. The van der Waals surface area contributed by atoms with Crippen LogP contribution in [0.4, 0.5) is 0 Å². The van der Waals surface area contributed by atoms with Crippen molar-refractivity contribution < 1.29 is 24.3 Å². The Morgan fingerprint density at radius 1 is 1.00 bits per heavy atom. The Kier molecular flexibility index (Phi) is 11.3. The third-order valence-corrected chi connectivity index (χ3v) is 6.10. The van der Waals surface area contributed by atoms with Crippen LogP contribution in [0.15, 0.2) is 30.3 Å². The molecule has 3 amide bonds. The van der Waals surface area contributed by atoms with Gasteiger partial charge >= 0.3 is 0 Å². The number of Topliss-reactive ketones (excluding diaryl/α,β-unsaturated/α-hetero) is 1. The largest absolute Gasteiger partial charge is 0.391 e. The van der Waals surface area contributed by atoms with Gasteiger partial charge in [0.15, 0.2) is 5.78 Å². The van der Waals surface area contributed by atoms with Gasteiger partial charge in [-0.25, -0.2) is 0 Å². The summed E-state index contributed by atoms with van der Waals surface area (Å²) in [6.07, 6.45) is -0.855. The fourth-order valence-corrected chi connectivity index (χ4v) is 4.04. The summed E-state index contributed by atoms with van der Waals surface area (Å²) in [5.41, 5.74) is 0.984. The molecule has 0 radical (unpaired) electrons. The predicted octanol–water partition coefficient (Wildman–Crippen LogP) is -0.677. The molecule has 1 aliphatic heterocycles. The standard InChI is InChI=1S/C25H39N5O5/c1-15(2)22(32)20(14-26-4)29-25(35)21(16(3)31)30-24(34)19-10-18(12-27-13-19)23(33)28-11-17-8-6-5-7-9-17/h5-9,15-16,18-21,26-27,31H,10-14H2,1-4H3,(H,28,33)(H,29,35)(H,30,34)/t16-,18+,19-,20-,21-/m0/s1. The number of likely N-dealkylation sites (N-methyl/N-ethyl adjacent to an activating group) is 1. The Bertz CT molecular complexity index is 861. The molecule has 0 saturated carbocycles. The third kappa shape index (κ3) is 8.72. The van der Waals surface area contributed by atoms with Crippen molar-refractivity contribution in [1.29, 1.82) is 0 Å². The fraction of sp³-hybridized carbons (Fsp3) is 0.600. The number of benzene rings is 1. The Morgan fingerprint density at radius 2 is 1.63 bits per heavy atom. The summed E-state index contributed by atoms with van der Waals surface area (Å²) >= 11 is 0. The molecule has 10 nitrogen and oxygen atoms in total. The van der Waals surface area contributed by atoms with Crippen LogP contribution in [0, 0.1) is 17.8 Å². The van der Waals surface area contributed by atoms with E-state index in [9.17, 15) is 24.3 Å². The van der Waals surface area contributed by atoms with E-state index in [0.29, 0.717) is 26.1 Å². The van der Waals surface area contributed by atoms with E-state index >= 15 is 0 Å². The van der Waals surface area contributed by atoms with Gasteiger partial charge < -0.3 is 31.7 Å². The molecule has 1 saturated heterocycles. The number of hydrogen-bond donors (Lipinski definition) is 6. The number of aliphatic hydroxyl groups is 1. The van der Waals surface area contributed by atoms with Crippen molar-refractivity contribution in [3.8, 4) is 0 Å². The van der Waals surface area contributed by atoms with Crippen molar-refractivity contribution in [1.82, 2.24) is 26.6 Å². The Labute approximate surface area is 207 Å². The van der Waals surface area contributed by atoms with Gasteiger partial charge in [-0.2, -0.15) is 0 Å². The number of carbonyl (C=O) groups is 4. The van der Waals surface area contributed by atoms with Crippen LogP contribution in [0.25, 0.3) is 0 Å². The number of amides is 3. The molecule has 194 valence electrons. The molecule has 5 atom stereocenters. The van der Waals surface area contributed by atoms with Crippen LogP contribution in [-0.2, 0) is 25.7 Å². The first-order valence-electron chi connectivity index (χ1n) is 12.1. The summed E-state index contributed by atoms with van der Waals surface area (Å²) in [5, 5.41) is 24.3. The number of aliphatic hydroxyl groups excluding tert-OH is 1. The molecule has 0 aromatic heterocycles. The predicted molar refractivity (Wildman–Crippen MR) is 132 cm³/mol. The minimum absolute atomic E-state index is 0.147. The van der Waals surface area contributed by atoms with Gasteiger partial charge in [-0.3, -0.25) is 19.2 Å². The normalized spacial score (nSPS) is 20.4. The quantitative estimate of drug-likeness (QED) is 0.228. The summed E-state index contributed by atoms with van der Waals surface area (Å²) in [6.45, 7) is 6.34. The molecule has 0 spiro atoms. The van der Waals surface area contributed by atoms with Crippen LogP contribution in [-0.4, -0.2) is 73.5 Å². The number of piperidine rings is 1. The first kappa shape index (κ1) is 28.4. The van der Waals surface area contributed by atoms with Crippen LogP contribution >= 0.6 is 0 Å². The molecule has 1 aromatic rings. The van der Waals surface area contributed by atoms with Gasteiger partial charge in [-0.1, -0.05) is 44.2 Å². The van der Waals surface area contributed by atoms with Gasteiger partial charge in [0.25, 0.3) is 0 Å². The summed E-state index contributed by atoms with van der Waals surface area (Å²) < 4.78 is 0. The van der Waals surface area contributed by atoms with Gasteiger partial charge in [0, 0.05) is 32.1 Å². The molecule has 35 heavy (non-hydrogen) atoms. The average Bonchev–Trinajstić information content (AvgIpc) is 2.85. The van der Waals surface area contributed by atoms with Gasteiger partial charge in [-0.15, -0.1) is 0 Å². The monoisotopic (exact) mass is 489 g/mol. The average molecular weight is 490 g/mol. The van der Waals surface area contributed by atoms with Crippen molar-refractivity contribution in [2.75, 3.05) is 26.7 Å². The summed E-state index contributed by atoms with van der Waals surface area (Å²) in [5.74, 6) is -2.59. The maximum atomic E-state index is 13.0. The van der Waals surface area contributed by atoms with E-state index in [-0.39, 0.29) is 24.2 Å². The van der Waals surface area contributed by atoms with Crippen LogP contribution in [0.3, 0.4) is 0 Å². The van der Waals surface area contributed by atoms with E-state index in [2.05, 4.69) is 26.6 Å². The van der Waals surface area contributed by atoms with Gasteiger partial charge in [0.05, 0.1) is 17.9 Å². The minimum Gasteiger partial charge on any atom is -0.391 e. The van der Waals surface area contributed by atoms with Crippen molar-refractivity contribution in [2.24, 2.45) is 17.8 Å². The Hall–Kier alpha value is -2.82. The lowest BCUT2D eigenvalue weighted by Crippen LogP contribution is -2.59. The smallest absolute Gasteiger partial charge is 0.245 e. The molecular weight excluding hydrogens is 450 g/mol. The van der Waals surface area contributed by atoms with Crippen LogP contribution in [0.2, 0.25) is 0 Å². The molecule has 1 aromatic carbocycles. The second-order valence-electron chi connectivity index (χ2n) is 9.39. The number of nitrogens with one attached hydrogen (secondary N) is 5. The summed E-state index contributed by atoms with van der Waals surface area (Å²) in [6, 6.07) is 7.55. The Morgan fingerprint density at radius 3 is 2.20 bits per heavy atom. The molecule has 10 heteroatoms. The van der Waals surface area contributed by atoms with E-state index in [0.717, 1.165) is 5.56 Å². The Balaban J connectivity index is 1.96. The highest BCUT2D eigenvalue weighted by molar-refractivity contribution is 5.94. The lowest BCUT2D eigenvalue weighted by Gasteiger charge is -2.31. The minimum atomic E-state index is -1.23. The van der Waals surface area contributed by atoms with E-state index in [1.54, 1.807) is 20.9 Å².